The predicted octanol–water partition coefficient (Wildman–Crippen LogP) is 2.95. The van der Waals surface area contributed by atoms with E-state index in [1.54, 1.807) is 0 Å². The molecule has 0 aliphatic rings. The number of rotatable bonds is 5. The number of aryl methyl sites for hydroxylation is 2. The van der Waals surface area contributed by atoms with E-state index in [1.165, 1.54) is 4.68 Å². The molecule has 1 N–H and O–H groups in total. The van der Waals surface area contributed by atoms with Crippen molar-refractivity contribution in [2.24, 2.45) is 0 Å². The van der Waals surface area contributed by atoms with Crippen molar-refractivity contribution in [1.29, 1.82) is 0 Å². The van der Waals surface area contributed by atoms with Crippen LogP contribution in [-0.4, -0.2) is 22.0 Å². The Bertz CT molecular complexity index is 394. The summed E-state index contributed by atoms with van der Waals surface area (Å²) in [6, 6.07) is 0.335. The third-order valence-electron chi connectivity index (χ3n) is 2.83. The molecule has 1 rings (SSSR count). The Kier molecular flexibility index (Phi) is 4.78. The summed E-state index contributed by atoms with van der Waals surface area (Å²) >= 11 is 0. The highest BCUT2D eigenvalue weighted by molar-refractivity contribution is 5.24. The third kappa shape index (κ3) is 4.33. The van der Waals surface area contributed by atoms with E-state index in [0.717, 1.165) is 17.0 Å². The first kappa shape index (κ1) is 15.0. The van der Waals surface area contributed by atoms with Crippen LogP contribution in [0.3, 0.4) is 0 Å². The van der Waals surface area contributed by atoms with Gasteiger partial charge >= 0.3 is 6.18 Å². The van der Waals surface area contributed by atoms with Gasteiger partial charge in [0.05, 0.1) is 12.1 Å². The van der Waals surface area contributed by atoms with Gasteiger partial charge in [0.25, 0.3) is 0 Å². The Labute approximate surface area is 105 Å². The van der Waals surface area contributed by atoms with Crippen molar-refractivity contribution >= 4 is 0 Å². The zero-order valence-electron chi connectivity index (χ0n) is 11.2. The van der Waals surface area contributed by atoms with Crippen LogP contribution in [0.2, 0.25) is 0 Å². The van der Waals surface area contributed by atoms with Crippen molar-refractivity contribution in [1.82, 2.24) is 15.1 Å². The van der Waals surface area contributed by atoms with Crippen molar-refractivity contribution in [2.75, 3.05) is 0 Å². The van der Waals surface area contributed by atoms with Gasteiger partial charge in [0, 0.05) is 30.4 Å². The molecule has 0 aliphatic heterocycles. The molecule has 1 aromatic heterocycles. The van der Waals surface area contributed by atoms with E-state index >= 15 is 0 Å². The third-order valence-corrected chi connectivity index (χ3v) is 2.83. The maximum absolute atomic E-state index is 12.2. The molecule has 0 aliphatic carbocycles. The fourth-order valence-corrected chi connectivity index (χ4v) is 1.75. The van der Waals surface area contributed by atoms with Crippen LogP contribution in [0, 0.1) is 13.8 Å². The highest BCUT2D eigenvalue weighted by atomic mass is 19.4. The highest BCUT2D eigenvalue weighted by Crippen LogP contribution is 2.21. The molecule has 3 nitrogen and oxygen atoms in total. The molecule has 0 fully saturated rings. The first-order valence-electron chi connectivity index (χ1n) is 6.03. The molecular formula is C12H20F3N3. The Balaban J connectivity index is 2.74. The van der Waals surface area contributed by atoms with Crippen LogP contribution in [0.15, 0.2) is 0 Å². The van der Waals surface area contributed by atoms with E-state index in [4.69, 9.17) is 0 Å². The molecule has 0 saturated carbocycles. The Morgan fingerprint density at radius 2 is 1.89 bits per heavy atom. The summed E-state index contributed by atoms with van der Waals surface area (Å²) in [5.74, 6) is 0. The van der Waals surface area contributed by atoms with Crippen LogP contribution in [0.4, 0.5) is 13.2 Å². The van der Waals surface area contributed by atoms with Gasteiger partial charge in [-0.05, 0) is 13.8 Å². The quantitative estimate of drug-likeness (QED) is 0.885. The first-order valence-corrected chi connectivity index (χ1v) is 6.03. The zero-order chi connectivity index (χ0) is 13.9. The lowest BCUT2D eigenvalue weighted by Gasteiger charge is -2.10. The van der Waals surface area contributed by atoms with Gasteiger partial charge in [-0.15, -0.1) is 0 Å². The van der Waals surface area contributed by atoms with E-state index in [0.29, 0.717) is 12.6 Å². The SMILES string of the molecule is Cc1nn(CCC(F)(F)F)c(C)c1CNC(C)C. The summed E-state index contributed by atoms with van der Waals surface area (Å²) in [5, 5.41) is 7.42. The predicted molar refractivity (Wildman–Crippen MR) is 64.3 cm³/mol. The molecule has 1 aromatic rings. The van der Waals surface area contributed by atoms with E-state index in [9.17, 15) is 13.2 Å². The van der Waals surface area contributed by atoms with Crippen LogP contribution in [0.25, 0.3) is 0 Å². The number of nitrogens with one attached hydrogen (secondary N) is 1. The number of hydrogen-bond acceptors (Lipinski definition) is 2. The number of halogens is 3. The lowest BCUT2D eigenvalue weighted by molar-refractivity contribution is -0.137. The minimum absolute atomic E-state index is 0.113. The molecule has 6 heteroatoms. The van der Waals surface area contributed by atoms with Crippen LogP contribution < -0.4 is 5.32 Å². The van der Waals surface area contributed by atoms with E-state index in [-0.39, 0.29) is 6.54 Å². The molecule has 0 atom stereocenters. The van der Waals surface area contributed by atoms with Gasteiger partial charge in [0.1, 0.15) is 0 Å². The van der Waals surface area contributed by atoms with Crippen molar-refractivity contribution in [3.63, 3.8) is 0 Å². The molecule has 0 aromatic carbocycles. The Morgan fingerprint density at radius 1 is 1.28 bits per heavy atom. The van der Waals surface area contributed by atoms with Crippen molar-refractivity contribution in [3.05, 3.63) is 17.0 Å². The minimum Gasteiger partial charge on any atom is -0.310 e. The molecule has 18 heavy (non-hydrogen) atoms. The summed E-state index contributed by atoms with van der Waals surface area (Å²) in [6.07, 6.45) is -4.98. The highest BCUT2D eigenvalue weighted by Gasteiger charge is 2.27. The monoisotopic (exact) mass is 263 g/mol. The second-order valence-corrected chi connectivity index (χ2v) is 4.77. The molecule has 0 bridgehead atoms. The van der Waals surface area contributed by atoms with E-state index < -0.39 is 12.6 Å². The van der Waals surface area contributed by atoms with Gasteiger partial charge in [0.15, 0.2) is 0 Å². The largest absolute Gasteiger partial charge is 0.390 e. The molecule has 0 radical (unpaired) electrons. The average molecular weight is 263 g/mol. The standard InChI is InChI=1S/C12H20F3N3/c1-8(2)16-7-11-9(3)17-18(10(11)4)6-5-12(13,14)15/h8,16H,5-7H2,1-4H3. The van der Waals surface area contributed by atoms with E-state index in [1.807, 2.05) is 27.7 Å². The van der Waals surface area contributed by atoms with Gasteiger partial charge in [-0.2, -0.15) is 18.3 Å². The maximum Gasteiger partial charge on any atom is 0.390 e. The minimum atomic E-state index is -4.14. The van der Waals surface area contributed by atoms with Crippen LogP contribution in [0.5, 0.6) is 0 Å². The lowest BCUT2D eigenvalue weighted by Crippen LogP contribution is -2.22. The second kappa shape index (κ2) is 5.73. The van der Waals surface area contributed by atoms with Crippen LogP contribution >= 0.6 is 0 Å². The number of hydrogen-bond donors (Lipinski definition) is 1. The van der Waals surface area contributed by atoms with E-state index in [2.05, 4.69) is 10.4 Å². The maximum atomic E-state index is 12.2. The van der Waals surface area contributed by atoms with Gasteiger partial charge < -0.3 is 5.32 Å². The van der Waals surface area contributed by atoms with Gasteiger partial charge in [-0.25, -0.2) is 0 Å². The van der Waals surface area contributed by atoms with Crippen molar-refractivity contribution in [2.45, 2.75) is 59.4 Å². The molecule has 0 amide bonds. The Morgan fingerprint density at radius 3 is 2.39 bits per heavy atom. The molecule has 0 spiro atoms. The molecule has 0 unspecified atom stereocenters. The molecular weight excluding hydrogens is 243 g/mol. The van der Waals surface area contributed by atoms with Crippen molar-refractivity contribution < 1.29 is 13.2 Å². The summed E-state index contributed by atoms with van der Waals surface area (Å²) < 4.78 is 38.0. The fourth-order valence-electron chi connectivity index (χ4n) is 1.75. The van der Waals surface area contributed by atoms with Crippen LogP contribution in [-0.2, 0) is 13.1 Å². The molecule has 0 saturated heterocycles. The first-order chi connectivity index (χ1) is 8.20. The molecule has 104 valence electrons. The number of nitrogens with zero attached hydrogens (tertiary/aromatic N) is 2. The zero-order valence-corrected chi connectivity index (χ0v) is 11.2. The number of alkyl halides is 3. The van der Waals surface area contributed by atoms with Crippen molar-refractivity contribution in [3.8, 4) is 0 Å². The second-order valence-electron chi connectivity index (χ2n) is 4.77. The van der Waals surface area contributed by atoms with Gasteiger partial charge in [-0.1, -0.05) is 13.8 Å². The smallest absolute Gasteiger partial charge is 0.310 e. The molecule has 1 heterocycles. The fraction of sp³-hybridized carbons (Fsp3) is 0.750. The number of aromatic nitrogens is 2. The normalized spacial score (nSPS) is 12.4. The average Bonchev–Trinajstić information content (AvgIpc) is 2.47. The summed E-state index contributed by atoms with van der Waals surface area (Å²) in [5.41, 5.74) is 2.60. The topological polar surface area (TPSA) is 29.9 Å². The summed E-state index contributed by atoms with van der Waals surface area (Å²) in [6.45, 7) is 8.22. The lowest BCUT2D eigenvalue weighted by atomic mass is 10.2. The summed E-state index contributed by atoms with van der Waals surface area (Å²) in [4.78, 5) is 0. The summed E-state index contributed by atoms with van der Waals surface area (Å²) in [7, 11) is 0. The Hall–Kier alpha value is -1.04. The van der Waals surface area contributed by atoms with Gasteiger partial charge in [0.2, 0.25) is 0 Å². The van der Waals surface area contributed by atoms with Gasteiger partial charge in [-0.3, -0.25) is 4.68 Å². The van der Waals surface area contributed by atoms with Crippen LogP contribution in [0.1, 0.15) is 37.2 Å².